The number of fused-ring (bicyclic) bond motifs is 2. The second-order valence-corrected chi connectivity index (χ2v) is 6.49. The van der Waals surface area contributed by atoms with E-state index in [1.807, 2.05) is 11.9 Å². The van der Waals surface area contributed by atoms with Crippen LogP contribution in [0.3, 0.4) is 0 Å². The number of rotatable bonds is 1. The fraction of sp³-hybridized carbons (Fsp3) is 0.923. The van der Waals surface area contributed by atoms with Crippen molar-refractivity contribution < 1.29 is 14.6 Å². The number of ether oxygens (including phenoxy) is 1. The molecule has 0 spiro atoms. The molecule has 2 aliphatic carbocycles. The molecule has 2 saturated heterocycles. The molecule has 7 atom stereocenters. The standard InChI is InChI=1S/C13H19NO3/c1-5(2)13-9-7-4-6(10(15)11(7)17-13)8(9)12(16)14(13)3/h5-11,15H,4H2,1-3H3/t6-,7-,8-,9+,10+,11-,13-/m0/s1. The van der Waals surface area contributed by atoms with Gasteiger partial charge in [0, 0.05) is 18.9 Å². The van der Waals surface area contributed by atoms with Gasteiger partial charge in [-0.2, -0.15) is 0 Å². The summed E-state index contributed by atoms with van der Waals surface area (Å²) in [6.45, 7) is 4.24. The van der Waals surface area contributed by atoms with Gasteiger partial charge in [0.15, 0.2) is 0 Å². The highest BCUT2D eigenvalue weighted by molar-refractivity contribution is 5.84. The van der Waals surface area contributed by atoms with E-state index in [2.05, 4.69) is 13.8 Å². The summed E-state index contributed by atoms with van der Waals surface area (Å²) in [6.07, 6.45) is 0.536. The first kappa shape index (κ1) is 10.3. The summed E-state index contributed by atoms with van der Waals surface area (Å²) in [5.74, 6) is 1.35. The van der Waals surface area contributed by atoms with Gasteiger partial charge in [-0.25, -0.2) is 0 Å². The van der Waals surface area contributed by atoms with Crippen LogP contribution in [0, 0.1) is 29.6 Å². The number of hydrogen-bond donors (Lipinski definition) is 1. The largest absolute Gasteiger partial charge is 0.390 e. The Hall–Kier alpha value is -0.610. The molecule has 0 aromatic heterocycles. The molecule has 0 unspecified atom stereocenters. The molecule has 1 amide bonds. The van der Waals surface area contributed by atoms with E-state index in [0.29, 0.717) is 11.8 Å². The van der Waals surface area contributed by atoms with Gasteiger partial charge in [-0.15, -0.1) is 0 Å². The Kier molecular flexibility index (Phi) is 1.64. The highest BCUT2D eigenvalue weighted by Gasteiger charge is 2.78. The molecular formula is C13H19NO3. The normalized spacial score (nSPS) is 58.9. The van der Waals surface area contributed by atoms with Crippen molar-refractivity contribution in [3.63, 3.8) is 0 Å². The van der Waals surface area contributed by atoms with Gasteiger partial charge in [0.05, 0.1) is 18.1 Å². The van der Waals surface area contributed by atoms with Crippen LogP contribution in [0.1, 0.15) is 20.3 Å². The topological polar surface area (TPSA) is 49.8 Å². The van der Waals surface area contributed by atoms with Gasteiger partial charge in [0.25, 0.3) is 0 Å². The second kappa shape index (κ2) is 2.69. The molecule has 17 heavy (non-hydrogen) atoms. The minimum atomic E-state index is -0.441. The van der Waals surface area contributed by atoms with E-state index in [0.717, 1.165) is 6.42 Å². The van der Waals surface area contributed by atoms with E-state index in [9.17, 15) is 9.90 Å². The van der Waals surface area contributed by atoms with Crippen LogP contribution in [-0.4, -0.2) is 40.9 Å². The molecule has 0 radical (unpaired) electrons. The fourth-order valence-electron chi connectivity index (χ4n) is 5.29. The van der Waals surface area contributed by atoms with E-state index in [1.165, 1.54) is 0 Å². The van der Waals surface area contributed by atoms with Crippen molar-refractivity contribution in [3.05, 3.63) is 0 Å². The number of amides is 1. The molecule has 0 aromatic rings. The zero-order valence-corrected chi connectivity index (χ0v) is 10.5. The minimum Gasteiger partial charge on any atom is -0.390 e. The number of hydrogen-bond acceptors (Lipinski definition) is 3. The SMILES string of the molecule is CC(C)[C@]12O[C@@H]3[C@H](O)[C@H]4C[C@H]3[C@@H]1[C@H]4C(=O)N2C. The maximum atomic E-state index is 12.4. The third-order valence-corrected chi connectivity index (χ3v) is 5.82. The van der Waals surface area contributed by atoms with Crippen molar-refractivity contribution in [2.75, 3.05) is 7.05 Å². The third-order valence-electron chi connectivity index (χ3n) is 5.82. The number of aliphatic hydroxyl groups excluding tert-OH is 1. The van der Waals surface area contributed by atoms with Crippen LogP contribution >= 0.6 is 0 Å². The van der Waals surface area contributed by atoms with Crippen molar-refractivity contribution in [2.45, 2.75) is 38.2 Å². The second-order valence-electron chi connectivity index (χ2n) is 6.49. The van der Waals surface area contributed by atoms with Gasteiger partial charge in [0.2, 0.25) is 5.91 Å². The molecule has 4 nitrogen and oxygen atoms in total. The van der Waals surface area contributed by atoms with Gasteiger partial charge in [-0.1, -0.05) is 13.8 Å². The molecule has 2 aliphatic heterocycles. The Bertz CT molecular complexity index is 409. The summed E-state index contributed by atoms with van der Waals surface area (Å²) in [5.41, 5.74) is -0.441. The fourth-order valence-corrected chi connectivity index (χ4v) is 5.29. The summed E-state index contributed by atoms with van der Waals surface area (Å²) < 4.78 is 6.23. The predicted molar refractivity (Wildman–Crippen MR) is 59.8 cm³/mol. The van der Waals surface area contributed by atoms with Crippen LogP contribution in [0.25, 0.3) is 0 Å². The van der Waals surface area contributed by atoms with Gasteiger partial charge in [-0.3, -0.25) is 4.79 Å². The Morgan fingerprint density at radius 3 is 2.82 bits per heavy atom. The monoisotopic (exact) mass is 237 g/mol. The minimum absolute atomic E-state index is 0.0150. The number of carbonyl (C=O) groups excluding carboxylic acids is 1. The van der Waals surface area contributed by atoms with Crippen molar-refractivity contribution in [3.8, 4) is 0 Å². The molecule has 2 saturated carbocycles. The Labute approximate surface area is 101 Å². The first-order chi connectivity index (χ1) is 8.00. The summed E-state index contributed by atoms with van der Waals surface area (Å²) in [6, 6.07) is 0. The molecule has 4 aliphatic rings. The van der Waals surface area contributed by atoms with E-state index < -0.39 is 11.8 Å². The van der Waals surface area contributed by atoms with Gasteiger partial charge in [-0.05, 0) is 18.3 Å². The Morgan fingerprint density at radius 1 is 1.47 bits per heavy atom. The zero-order chi connectivity index (χ0) is 12.1. The highest BCUT2D eigenvalue weighted by Crippen LogP contribution is 2.68. The molecule has 0 aromatic carbocycles. The first-order valence-electron chi connectivity index (χ1n) is 6.63. The van der Waals surface area contributed by atoms with Crippen LogP contribution in [-0.2, 0) is 9.53 Å². The third kappa shape index (κ3) is 0.809. The lowest BCUT2D eigenvalue weighted by Crippen LogP contribution is -2.52. The lowest BCUT2D eigenvalue weighted by Gasteiger charge is -2.39. The number of carbonyl (C=O) groups is 1. The van der Waals surface area contributed by atoms with Crippen LogP contribution in [0.4, 0.5) is 0 Å². The van der Waals surface area contributed by atoms with Crippen molar-refractivity contribution >= 4 is 5.91 Å². The summed E-state index contributed by atoms with van der Waals surface area (Å²) in [7, 11) is 1.87. The van der Waals surface area contributed by atoms with Crippen molar-refractivity contribution in [1.29, 1.82) is 0 Å². The predicted octanol–water partition coefficient (Wildman–Crippen LogP) is 0.452. The highest BCUT2D eigenvalue weighted by atomic mass is 16.6. The van der Waals surface area contributed by atoms with E-state index >= 15 is 0 Å². The summed E-state index contributed by atoms with van der Waals surface area (Å²) in [4.78, 5) is 14.2. The number of likely N-dealkylation sites (tertiary alicyclic amines) is 1. The van der Waals surface area contributed by atoms with E-state index in [1.54, 1.807) is 0 Å². The Balaban J connectivity index is 1.91. The van der Waals surface area contributed by atoms with Crippen molar-refractivity contribution in [1.82, 2.24) is 4.90 Å². The summed E-state index contributed by atoms with van der Waals surface area (Å²) in [5, 5.41) is 10.2. The maximum absolute atomic E-state index is 12.4. The molecular weight excluding hydrogens is 218 g/mol. The van der Waals surface area contributed by atoms with Gasteiger partial charge < -0.3 is 14.7 Å². The van der Waals surface area contributed by atoms with E-state index in [-0.39, 0.29) is 29.8 Å². The lowest BCUT2D eigenvalue weighted by molar-refractivity contribution is -0.186. The quantitative estimate of drug-likeness (QED) is 0.720. The van der Waals surface area contributed by atoms with Crippen LogP contribution in [0.2, 0.25) is 0 Å². The average Bonchev–Trinajstić information content (AvgIpc) is 2.90. The van der Waals surface area contributed by atoms with Gasteiger partial charge in [0.1, 0.15) is 5.72 Å². The summed E-state index contributed by atoms with van der Waals surface area (Å²) >= 11 is 0. The van der Waals surface area contributed by atoms with Crippen LogP contribution in [0.15, 0.2) is 0 Å². The van der Waals surface area contributed by atoms with Crippen LogP contribution in [0.5, 0.6) is 0 Å². The lowest BCUT2D eigenvalue weighted by atomic mass is 9.74. The molecule has 4 rings (SSSR count). The van der Waals surface area contributed by atoms with Crippen LogP contribution < -0.4 is 0 Å². The molecule has 1 N–H and O–H groups in total. The van der Waals surface area contributed by atoms with Crippen molar-refractivity contribution in [2.24, 2.45) is 29.6 Å². The zero-order valence-electron chi connectivity index (χ0n) is 10.5. The maximum Gasteiger partial charge on any atom is 0.228 e. The van der Waals surface area contributed by atoms with Gasteiger partial charge >= 0.3 is 0 Å². The molecule has 2 heterocycles. The van der Waals surface area contributed by atoms with E-state index in [4.69, 9.17) is 4.74 Å². The average molecular weight is 237 g/mol. The first-order valence-corrected chi connectivity index (χ1v) is 6.63. The molecule has 4 heteroatoms. The molecule has 4 fully saturated rings. The smallest absolute Gasteiger partial charge is 0.228 e. The molecule has 2 bridgehead atoms. The number of aliphatic hydroxyl groups is 1. The Morgan fingerprint density at radius 2 is 2.18 bits per heavy atom. The number of nitrogens with zero attached hydrogens (tertiary/aromatic N) is 1. The molecule has 94 valence electrons.